The van der Waals surface area contributed by atoms with E-state index in [-0.39, 0.29) is 58.1 Å². The number of hydrogen-bond donors (Lipinski definition) is 1. The van der Waals surface area contributed by atoms with Crippen molar-refractivity contribution in [2.24, 2.45) is 0 Å². The number of hydrogen-bond acceptors (Lipinski definition) is 8. The largest absolute Gasteiger partial charge is 1.00 e. The van der Waals surface area contributed by atoms with Gasteiger partial charge in [-0.25, -0.2) is 9.59 Å². The molecule has 0 unspecified atom stereocenters. The quantitative estimate of drug-likeness (QED) is 0.0935. The molecule has 10 nitrogen and oxygen atoms in total. The third-order valence-electron chi connectivity index (χ3n) is 12.0. The normalized spacial score (nSPS) is 17.2. The SMILES string of the molecule is COC(=O)[C@@H]1C[C@H](SCCc2ccccc2)CN1C(=O)C(c1ccccc1)c1ccccc1.O.O=C(O)[C@@H]1C[C@H](SCCc2ccccc2)CN1C(=O)C(c1ccccc1)c1ccccc1.[Li+].[OH-]. The fourth-order valence-corrected chi connectivity index (χ4v) is 11.3. The summed E-state index contributed by atoms with van der Waals surface area (Å²) in [5.41, 5.74) is 6.19. The standard InChI is InChI=1S/C28H29NO3S.C27H27NO3S.Li.2H2O/c1-32-28(31)25-19-24(33-18-17-21-11-5-2-6-12-21)20-29(25)27(30)26(22-13-7-3-8-14-22)23-15-9-4-10-16-23;29-26(25(21-12-6-2-7-13-21)22-14-8-3-9-15-22)28-19-23(18-24(28)27(30)31)32-17-16-20-10-4-1-5-11-20;;;/h2-16,24-26H,17-20H2,1H3;1-15,23-25H,16-19H2,(H,30,31);;2*1H2/q;;+1;;/p-1/t24-,25-;23-,24-;;;/m00.../s1. The van der Waals surface area contributed by atoms with E-state index in [4.69, 9.17) is 4.74 Å². The number of benzene rings is 6. The summed E-state index contributed by atoms with van der Waals surface area (Å²) in [6.07, 6.45) is 3.00. The zero-order valence-corrected chi connectivity index (χ0v) is 40.2. The maximum Gasteiger partial charge on any atom is 1.00 e. The van der Waals surface area contributed by atoms with E-state index in [1.54, 1.807) is 21.6 Å². The Hall–Kier alpha value is -5.58. The molecule has 6 aromatic rings. The summed E-state index contributed by atoms with van der Waals surface area (Å²) in [4.78, 5) is 55.7. The first kappa shape index (κ1) is 55.0. The van der Waals surface area contributed by atoms with Crippen molar-refractivity contribution in [2.75, 3.05) is 31.7 Å². The predicted molar refractivity (Wildman–Crippen MR) is 268 cm³/mol. The van der Waals surface area contributed by atoms with Gasteiger partial charge in [-0.15, -0.1) is 0 Å². The average Bonchev–Trinajstić information content (AvgIpc) is 3.99. The van der Waals surface area contributed by atoms with Crippen LogP contribution in [0.25, 0.3) is 0 Å². The Labute approximate surface area is 420 Å². The molecule has 8 rings (SSSR count). The molecule has 13 heteroatoms. The van der Waals surface area contributed by atoms with Gasteiger partial charge in [-0.05, 0) is 70.6 Å². The van der Waals surface area contributed by atoms with Gasteiger partial charge in [-0.2, -0.15) is 23.5 Å². The van der Waals surface area contributed by atoms with Crippen LogP contribution < -0.4 is 18.9 Å². The van der Waals surface area contributed by atoms with Crippen molar-refractivity contribution < 1.29 is 58.8 Å². The van der Waals surface area contributed by atoms with Crippen molar-refractivity contribution in [3.8, 4) is 0 Å². The smallest absolute Gasteiger partial charge is 0.870 e. The number of aliphatic carboxylic acids is 1. The molecule has 2 aliphatic rings. The van der Waals surface area contributed by atoms with Crippen molar-refractivity contribution in [2.45, 2.75) is 60.1 Å². The number of nitrogens with zero attached hydrogens (tertiary/aromatic N) is 2. The molecule has 0 spiro atoms. The first-order valence-corrected chi connectivity index (χ1v) is 24.3. The second-order valence-electron chi connectivity index (χ2n) is 16.3. The van der Waals surface area contributed by atoms with E-state index in [9.17, 15) is 24.3 Å². The number of aryl methyl sites for hydroxylation is 2. The molecule has 2 aliphatic heterocycles. The Morgan fingerprint density at radius 1 is 0.529 bits per heavy atom. The minimum absolute atomic E-state index is 0. The Kier molecular flexibility index (Phi) is 22.7. The Balaban J connectivity index is 0.000000284. The molecule has 2 amide bonds. The summed E-state index contributed by atoms with van der Waals surface area (Å²) < 4.78 is 5.09. The van der Waals surface area contributed by atoms with Gasteiger partial charge in [0.1, 0.15) is 12.1 Å². The first-order chi connectivity index (χ1) is 31.8. The molecule has 0 aliphatic carbocycles. The topological polar surface area (TPSA) is 166 Å². The number of carboxylic acid groups (broad SMARTS) is 1. The van der Waals surface area contributed by atoms with Crippen LogP contribution in [-0.2, 0) is 36.8 Å². The molecule has 2 fully saturated rings. The molecule has 4 N–H and O–H groups in total. The van der Waals surface area contributed by atoms with Gasteiger partial charge in [0.25, 0.3) is 0 Å². The average molecular weight is 947 g/mol. The Morgan fingerprint density at radius 2 is 0.824 bits per heavy atom. The van der Waals surface area contributed by atoms with Crippen LogP contribution in [0, 0.1) is 0 Å². The minimum Gasteiger partial charge on any atom is -0.870 e. The molecule has 2 heterocycles. The molecule has 68 heavy (non-hydrogen) atoms. The van der Waals surface area contributed by atoms with Crippen LogP contribution in [0.15, 0.2) is 182 Å². The third-order valence-corrected chi connectivity index (χ3v) is 14.6. The van der Waals surface area contributed by atoms with Gasteiger partial charge < -0.3 is 30.6 Å². The summed E-state index contributed by atoms with van der Waals surface area (Å²) in [6, 6.07) is 58.2. The van der Waals surface area contributed by atoms with E-state index in [1.807, 2.05) is 157 Å². The van der Waals surface area contributed by atoms with Crippen LogP contribution in [0.4, 0.5) is 0 Å². The minimum atomic E-state index is -0.926. The summed E-state index contributed by atoms with van der Waals surface area (Å²) in [5, 5.41) is 10.2. The van der Waals surface area contributed by atoms with Gasteiger partial charge in [-0.3, -0.25) is 9.59 Å². The summed E-state index contributed by atoms with van der Waals surface area (Å²) in [6.45, 7) is 1.01. The molecule has 0 radical (unpaired) electrons. The summed E-state index contributed by atoms with van der Waals surface area (Å²) in [5.74, 6) is -0.552. The molecule has 4 atom stereocenters. The van der Waals surface area contributed by atoms with E-state index >= 15 is 0 Å². The van der Waals surface area contributed by atoms with Gasteiger partial charge in [0, 0.05) is 23.6 Å². The fraction of sp³-hybridized carbons (Fsp3) is 0.273. The molecule has 0 bridgehead atoms. The van der Waals surface area contributed by atoms with E-state index < -0.39 is 29.9 Å². The number of esters is 1. The van der Waals surface area contributed by atoms with Crippen LogP contribution in [0.2, 0.25) is 0 Å². The van der Waals surface area contributed by atoms with Crippen molar-refractivity contribution in [1.29, 1.82) is 0 Å². The van der Waals surface area contributed by atoms with Crippen molar-refractivity contribution >= 4 is 47.3 Å². The molecule has 6 aromatic carbocycles. The predicted octanol–water partition coefficient (Wildman–Crippen LogP) is 5.79. The Bertz CT molecular complexity index is 2350. The monoisotopic (exact) mass is 946 g/mol. The molecule has 0 saturated carbocycles. The van der Waals surface area contributed by atoms with Crippen molar-refractivity contribution in [1.82, 2.24) is 9.80 Å². The van der Waals surface area contributed by atoms with Crippen LogP contribution in [0.3, 0.4) is 0 Å². The maximum atomic E-state index is 13.9. The molecule has 2 saturated heterocycles. The van der Waals surface area contributed by atoms with Gasteiger partial charge in [-0.1, -0.05) is 182 Å². The van der Waals surface area contributed by atoms with Gasteiger partial charge in [0.2, 0.25) is 11.8 Å². The van der Waals surface area contributed by atoms with E-state index in [2.05, 4.69) is 36.4 Å². The van der Waals surface area contributed by atoms with E-state index in [0.717, 1.165) is 46.6 Å². The van der Waals surface area contributed by atoms with Crippen LogP contribution in [0.5, 0.6) is 0 Å². The van der Waals surface area contributed by atoms with Crippen LogP contribution >= 0.6 is 23.5 Å². The number of rotatable bonds is 16. The number of amides is 2. The molecular formula is C55H59LiN2O8S2. The number of carbonyl (C=O) groups excluding carboxylic acids is 3. The number of carbonyl (C=O) groups is 4. The molecule has 350 valence electrons. The molecular weight excluding hydrogens is 888 g/mol. The van der Waals surface area contributed by atoms with E-state index in [0.29, 0.717) is 25.9 Å². The number of ether oxygens (including phenoxy) is 1. The number of likely N-dealkylation sites (tertiary alicyclic amines) is 2. The van der Waals surface area contributed by atoms with Gasteiger partial charge in [0.15, 0.2) is 0 Å². The first-order valence-electron chi connectivity index (χ1n) is 22.2. The van der Waals surface area contributed by atoms with Crippen molar-refractivity contribution in [3.05, 3.63) is 215 Å². The fourth-order valence-electron chi connectivity index (χ4n) is 8.76. The van der Waals surface area contributed by atoms with Crippen molar-refractivity contribution in [3.63, 3.8) is 0 Å². The van der Waals surface area contributed by atoms with E-state index in [1.165, 1.54) is 18.2 Å². The van der Waals surface area contributed by atoms with Gasteiger partial charge in [0.05, 0.1) is 18.9 Å². The maximum absolute atomic E-state index is 13.9. The summed E-state index contributed by atoms with van der Waals surface area (Å²) >= 11 is 3.60. The summed E-state index contributed by atoms with van der Waals surface area (Å²) in [7, 11) is 1.40. The second-order valence-corrected chi connectivity index (χ2v) is 19.1. The Morgan fingerprint density at radius 3 is 1.13 bits per heavy atom. The third kappa shape index (κ3) is 14.7. The van der Waals surface area contributed by atoms with Crippen LogP contribution in [-0.4, -0.2) is 104 Å². The number of carboxylic acids is 1. The zero-order valence-electron chi connectivity index (χ0n) is 38.6. The van der Waals surface area contributed by atoms with Crippen LogP contribution in [0.1, 0.15) is 58.1 Å². The van der Waals surface area contributed by atoms with Gasteiger partial charge >= 0.3 is 30.8 Å². The number of methoxy groups -OCH3 is 1. The molecule has 0 aromatic heterocycles. The number of thioether (sulfide) groups is 2. The zero-order chi connectivity index (χ0) is 45.4. The second kappa shape index (κ2) is 28.0.